The van der Waals surface area contributed by atoms with E-state index < -0.39 is 54.1 Å². The Kier molecular flexibility index (Phi) is 8.92. The molecule has 1 aromatic rings. The molecule has 5 fully saturated rings. The molecule has 0 unspecified atom stereocenters. The molecule has 5 aliphatic rings. The third-order valence-electron chi connectivity index (χ3n) is 11.3. The van der Waals surface area contributed by atoms with Crippen LogP contribution in [0.5, 0.6) is 0 Å². The van der Waals surface area contributed by atoms with Crippen molar-refractivity contribution in [1.29, 1.82) is 0 Å². The number of nitrogens with zero attached hydrogens (tertiary/aromatic N) is 4. The number of alkyl halides is 2. The van der Waals surface area contributed by atoms with E-state index in [0.29, 0.717) is 37.7 Å². The van der Waals surface area contributed by atoms with Crippen molar-refractivity contribution in [1.82, 2.24) is 30.2 Å². The average molecular weight is 647 g/mol. The number of hydrogen-bond donors (Lipinski definition) is 2. The van der Waals surface area contributed by atoms with Gasteiger partial charge < -0.3 is 24.8 Å². The molecule has 254 valence electrons. The van der Waals surface area contributed by atoms with Gasteiger partial charge in [-0.05, 0) is 37.5 Å². The maximum atomic E-state index is 14.2. The highest BCUT2D eigenvalue weighted by Gasteiger charge is 2.62. The third-order valence-corrected chi connectivity index (χ3v) is 11.3. The number of halogens is 2. The van der Waals surface area contributed by atoms with Gasteiger partial charge in [0.1, 0.15) is 6.04 Å². The molecule has 2 saturated carbocycles. The molecule has 4 atom stereocenters. The Morgan fingerprint density at radius 2 is 1.67 bits per heavy atom. The van der Waals surface area contributed by atoms with E-state index in [4.69, 9.17) is 4.74 Å². The van der Waals surface area contributed by atoms with E-state index in [1.165, 1.54) is 23.7 Å². The number of nitrogens with one attached hydrogen (secondary N) is 2. The van der Waals surface area contributed by atoms with Crippen molar-refractivity contribution in [3.05, 3.63) is 18.0 Å². The first kappa shape index (κ1) is 32.8. The summed E-state index contributed by atoms with van der Waals surface area (Å²) in [6.45, 7) is 7.28. The van der Waals surface area contributed by atoms with Crippen LogP contribution in [0.15, 0.2) is 12.4 Å². The molecule has 6 rings (SSSR count). The second kappa shape index (κ2) is 12.5. The number of hydrogen-bond acceptors (Lipinski definition) is 6. The molecule has 4 amide bonds. The molecule has 13 heteroatoms. The highest BCUT2D eigenvalue weighted by atomic mass is 19.3. The van der Waals surface area contributed by atoms with Gasteiger partial charge in [0.2, 0.25) is 17.7 Å². The van der Waals surface area contributed by atoms with Crippen LogP contribution in [0.25, 0.3) is 0 Å². The number of aromatic amines is 1. The standard InChI is InChI=1S/C33H48F2N6O5/c1-21(46-17-22-7-5-4-6-8-22)26(30(45)39-11-9-33(34,35)10-12-39)38-27(42)25-16-40(28(43)23-14-36-37-15-23)18-32(25)19-41(20-32)29(44)24-13-31(24,2)3/h14-15,21-22,24-26H,4-13,16-20H2,1-3H3,(H,36,37)(H,38,42)/t21-,24-,25-,26+/m1/s1. The van der Waals surface area contributed by atoms with Crippen LogP contribution >= 0.6 is 0 Å². The highest BCUT2D eigenvalue weighted by Crippen LogP contribution is 2.54. The van der Waals surface area contributed by atoms with Gasteiger partial charge in [0, 0.05) is 76.2 Å². The molecule has 11 nitrogen and oxygen atoms in total. The van der Waals surface area contributed by atoms with Gasteiger partial charge in [-0.2, -0.15) is 5.10 Å². The largest absolute Gasteiger partial charge is 0.376 e. The Morgan fingerprint density at radius 1 is 1.02 bits per heavy atom. The number of piperidine rings is 1. The smallest absolute Gasteiger partial charge is 0.257 e. The lowest BCUT2D eigenvalue weighted by Gasteiger charge is -2.50. The summed E-state index contributed by atoms with van der Waals surface area (Å²) < 4.78 is 34.1. The summed E-state index contributed by atoms with van der Waals surface area (Å²) in [5.41, 5.74) is -0.316. The molecule has 0 bridgehead atoms. The van der Waals surface area contributed by atoms with E-state index in [1.807, 2.05) is 0 Å². The second-order valence-electron chi connectivity index (χ2n) is 15.2. The number of rotatable bonds is 9. The number of carbonyl (C=O) groups excluding carboxylic acids is 4. The molecule has 46 heavy (non-hydrogen) atoms. The maximum absolute atomic E-state index is 14.2. The Labute approximate surface area is 269 Å². The lowest BCUT2D eigenvalue weighted by Crippen LogP contribution is -2.65. The Balaban J connectivity index is 1.19. The number of aromatic nitrogens is 2. The normalized spacial score (nSPS) is 28.0. The van der Waals surface area contributed by atoms with Crippen LogP contribution in [0.2, 0.25) is 0 Å². The molecule has 3 saturated heterocycles. The predicted molar refractivity (Wildman–Crippen MR) is 164 cm³/mol. The van der Waals surface area contributed by atoms with Gasteiger partial charge in [-0.25, -0.2) is 8.78 Å². The summed E-state index contributed by atoms with van der Waals surface area (Å²) in [5, 5.41) is 9.52. The van der Waals surface area contributed by atoms with Crippen molar-refractivity contribution >= 4 is 23.6 Å². The molecule has 1 spiro atoms. The fraction of sp³-hybridized carbons (Fsp3) is 0.788. The summed E-state index contributed by atoms with van der Waals surface area (Å²) >= 11 is 0. The van der Waals surface area contributed by atoms with Crippen LogP contribution in [0.4, 0.5) is 8.78 Å². The van der Waals surface area contributed by atoms with Gasteiger partial charge in [0.15, 0.2) is 0 Å². The molecule has 0 aromatic carbocycles. The third kappa shape index (κ3) is 6.66. The topological polar surface area (TPSA) is 128 Å². The molecular weight excluding hydrogens is 598 g/mol. The number of amides is 4. The van der Waals surface area contributed by atoms with Gasteiger partial charge >= 0.3 is 0 Å². The first-order chi connectivity index (χ1) is 21.8. The van der Waals surface area contributed by atoms with E-state index in [0.717, 1.165) is 32.1 Å². The van der Waals surface area contributed by atoms with Crippen molar-refractivity contribution < 1.29 is 32.7 Å². The van der Waals surface area contributed by atoms with E-state index in [1.54, 1.807) is 16.7 Å². The molecular formula is C33H48F2N6O5. The van der Waals surface area contributed by atoms with E-state index in [9.17, 15) is 28.0 Å². The van der Waals surface area contributed by atoms with Crippen LogP contribution in [0.3, 0.4) is 0 Å². The molecule has 4 heterocycles. The average Bonchev–Trinajstić information content (AvgIpc) is 3.38. The lowest BCUT2D eigenvalue weighted by atomic mass is 9.70. The minimum absolute atomic E-state index is 0.0324. The zero-order valence-corrected chi connectivity index (χ0v) is 27.2. The minimum Gasteiger partial charge on any atom is -0.376 e. The zero-order valence-electron chi connectivity index (χ0n) is 27.2. The Morgan fingerprint density at radius 3 is 2.28 bits per heavy atom. The monoisotopic (exact) mass is 646 g/mol. The molecule has 0 radical (unpaired) electrons. The fourth-order valence-electron chi connectivity index (χ4n) is 7.96. The summed E-state index contributed by atoms with van der Waals surface area (Å²) in [7, 11) is 0. The molecule has 2 N–H and O–H groups in total. The number of likely N-dealkylation sites (tertiary alicyclic amines) is 3. The first-order valence-corrected chi connectivity index (χ1v) is 16.9. The quantitative estimate of drug-likeness (QED) is 0.425. The minimum atomic E-state index is -2.82. The van der Waals surface area contributed by atoms with Crippen molar-refractivity contribution in [2.45, 2.75) is 90.2 Å². The van der Waals surface area contributed by atoms with Crippen molar-refractivity contribution in [2.24, 2.45) is 28.6 Å². The lowest BCUT2D eigenvalue weighted by molar-refractivity contribution is -0.153. The summed E-state index contributed by atoms with van der Waals surface area (Å²) in [5.74, 6) is -4.16. The van der Waals surface area contributed by atoms with Gasteiger partial charge in [0.05, 0.1) is 23.8 Å². The number of ether oxygens (including phenoxy) is 1. The van der Waals surface area contributed by atoms with Gasteiger partial charge in [-0.15, -0.1) is 0 Å². The van der Waals surface area contributed by atoms with Crippen molar-refractivity contribution in [3.8, 4) is 0 Å². The Hall–Kier alpha value is -3.09. The maximum Gasteiger partial charge on any atom is 0.257 e. The second-order valence-corrected chi connectivity index (χ2v) is 15.2. The summed E-state index contributed by atoms with van der Waals surface area (Å²) in [4.78, 5) is 59.5. The number of H-pyrrole nitrogens is 1. The Bertz CT molecular complexity index is 1300. The van der Waals surface area contributed by atoms with Crippen molar-refractivity contribution in [3.63, 3.8) is 0 Å². The molecule has 3 aliphatic heterocycles. The van der Waals surface area contributed by atoms with Gasteiger partial charge in [-0.1, -0.05) is 33.1 Å². The molecule has 1 aromatic heterocycles. The van der Waals surface area contributed by atoms with Gasteiger partial charge in [0.25, 0.3) is 11.8 Å². The summed E-state index contributed by atoms with van der Waals surface area (Å²) in [6.07, 6.45) is 7.84. The highest BCUT2D eigenvalue weighted by molar-refractivity contribution is 5.95. The SMILES string of the molecule is C[C@@H](OCC1CCCCC1)[C@H](NC(=O)[C@H]1CN(C(=O)c2cn[nH]c2)CC12CN(C(=O)[C@H]1CC1(C)C)C2)C(=O)N1CCC(F)(F)CC1. The molecule has 2 aliphatic carbocycles. The van der Waals surface area contributed by atoms with Crippen LogP contribution in [0, 0.1) is 28.6 Å². The van der Waals surface area contributed by atoms with Crippen LogP contribution in [0.1, 0.15) is 82.5 Å². The fourth-order valence-corrected chi connectivity index (χ4v) is 7.96. The summed E-state index contributed by atoms with van der Waals surface area (Å²) in [6, 6.07) is -1.07. The predicted octanol–water partition coefficient (Wildman–Crippen LogP) is 3.08. The van der Waals surface area contributed by atoms with Crippen LogP contribution in [-0.2, 0) is 19.1 Å². The van der Waals surface area contributed by atoms with Gasteiger partial charge in [-0.3, -0.25) is 24.3 Å². The van der Waals surface area contributed by atoms with Crippen LogP contribution < -0.4 is 5.32 Å². The first-order valence-electron chi connectivity index (χ1n) is 16.9. The van der Waals surface area contributed by atoms with E-state index in [-0.39, 0.29) is 42.8 Å². The van der Waals surface area contributed by atoms with E-state index >= 15 is 0 Å². The zero-order chi connectivity index (χ0) is 32.9. The number of carbonyl (C=O) groups is 4. The van der Waals surface area contributed by atoms with E-state index in [2.05, 4.69) is 29.4 Å². The van der Waals surface area contributed by atoms with Crippen LogP contribution in [-0.4, -0.2) is 112 Å². The van der Waals surface area contributed by atoms with Crippen molar-refractivity contribution in [2.75, 3.05) is 45.9 Å².